The van der Waals surface area contributed by atoms with Crippen molar-refractivity contribution in [3.8, 4) is 0 Å². The lowest BCUT2D eigenvalue weighted by Crippen LogP contribution is -2.53. The predicted octanol–water partition coefficient (Wildman–Crippen LogP) is 7.39. The van der Waals surface area contributed by atoms with E-state index in [1.165, 1.54) is 57.8 Å². The van der Waals surface area contributed by atoms with E-state index >= 15 is 0 Å². The van der Waals surface area contributed by atoms with E-state index in [0.717, 1.165) is 48.3 Å². The Labute approximate surface area is 174 Å². The van der Waals surface area contributed by atoms with Gasteiger partial charge in [0.1, 0.15) is 0 Å². The fourth-order valence-corrected chi connectivity index (χ4v) is 8.66. The Balaban J connectivity index is 1.49. The maximum atomic E-state index is 10.2. The van der Waals surface area contributed by atoms with Gasteiger partial charge in [-0.3, -0.25) is 0 Å². The lowest BCUT2D eigenvalue weighted by molar-refractivity contribution is -0.0772. The van der Waals surface area contributed by atoms with E-state index in [1.54, 1.807) is 5.57 Å². The minimum absolute atomic E-state index is 0.0810. The highest BCUT2D eigenvalue weighted by Gasteiger charge is 2.59. The largest absolute Gasteiger partial charge is 0.393 e. The lowest BCUT2D eigenvalue weighted by atomic mass is 9.44. The minimum atomic E-state index is -0.0810. The van der Waals surface area contributed by atoms with Crippen LogP contribution in [0.1, 0.15) is 105 Å². The van der Waals surface area contributed by atoms with Crippen LogP contribution in [-0.2, 0) is 0 Å². The van der Waals surface area contributed by atoms with Crippen LogP contribution in [-0.4, -0.2) is 11.2 Å². The van der Waals surface area contributed by atoms with Crippen LogP contribution in [0, 0.1) is 46.3 Å². The molecule has 0 bridgehead atoms. The van der Waals surface area contributed by atoms with Gasteiger partial charge in [-0.25, -0.2) is 0 Å². The molecule has 8 atom stereocenters. The third-order valence-corrected chi connectivity index (χ3v) is 10.2. The SMILES string of the molecule is CC(C)CCC[C@@H](C)[C@H]1CC[C@@H]2[C@@H]1CC[C@H]1[C@@]2(C)CC=C2C[C@@H](O)CC[C@@]21C. The molecule has 4 aliphatic rings. The fraction of sp³-hybridized carbons (Fsp3) is 0.926. The van der Waals surface area contributed by atoms with Crippen molar-refractivity contribution in [2.24, 2.45) is 46.3 Å². The molecule has 1 N–H and O–H groups in total. The van der Waals surface area contributed by atoms with Gasteiger partial charge < -0.3 is 5.11 Å². The molecule has 28 heavy (non-hydrogen) atoms. The Morgan fingerprint density at radius 3 is 2.57 bits per heavy atom. The van der Waals surface area contributed by atoms with E-state index in [0.29, 0.717) is 10.8 Å². The topological polar surface area (TPSA) is 20.2 Å². The number of aliphatic hydroxyl groups excluding tert-OH is 1. The van der Waals surface area contributed by atoms with Crippen molar-refractivity contribution in [2.75, 3.05) is 0 Å². The molecule has 0 aliphatic heterocycles. The van der Waals surface area contributed by atoms with Gasteiger partial charge in [-0.15, -0.1) is 0 Å². The average molecular weight is 387 g/mol. The zero-order valence-corrected chi connectivity index (χ0v) is 19.3. The molecule has 0 amide bonds. The Hall–Kier alpha value is -0.300. The first kappa shape index (κ1) is 21.0. The summed E-state index contributed by atoms with van der Waals surface area (Å²) in [5.41, 5.74) is 2.50. The minimum Gasteiger partial charge on any atom is -0.393 e. The van der Waals surface area contributed by atoms with Gasteiger partial charge in [-0.05, 0) is 97.7 Å². The van der Waals surface area contributed by atoms with E-state index in [2.05, 4.69) is 40.7 Å². The third-order valence-electron chi connectivity index (χ3n) is 10.2. The highest BCUT2D eigenvalue weighted by Crippen LogP contribution is 2.68. The summed E-state index contributed by atoms with van der Waals surface area (Å²) in [4.78, 5) is 0. The van der Waals surface area contributed by atoms with Gasteiger partial charge in [0.15, 0.2) is 0 Å². The standard InChI is InChI=1S/C27H46O/c1-18(2)7-6-8-19(3)22-9-11-24-23(22)10-12-25-26(4)16-14-21(28)17-20(26)13-15-27(24,25)5/h13,18-19,21-25,28H,6-12,14-17H2,1-5H3/t19-,21+,22-,23-,24-,25-,26+,27+/m1/s1. The van der Waals surface area contributed by atoms with Gasteiger partial charge in [-0.2, -0.15) is 0 Å². The average Bonchev–Trinajstić information content (AvgIpc) is 3.07. The molecule has 4 rings (SSSR count). The summed E-state index contributed by atoms with van der Waals surface area (Å²) in [6, 6.07) is 0. The molecule has 0 heterocycles. The van der Waals surface area contributed by atoms with Gasteiger partial charge in [-0.1, -0.05) is 65.5 Å². The molecule has 1 nitrogen and oxygen atoms in total. The molecular weight excluding hydrogens is 340 g/mol. The van der Waals surface area contributed by atoms with Crippen molar-refractivity contribution < 1.29 is 5.11 Å². The maximum absolute atomic E-state index is 10.2. The van der Waals surface area contributed by atoms with E-state index in [4.69, 9.17) is 0 Å². The van der Waals surface area contributed by atoms with Crippen LogP contribution in [0.15, 0.2) is 11.6 Å². The predicted molar refractivity (Wildman–Crippen MR) is 119 cm³/mol. The Morgan fingerprint density at radius 1 is 1.04 bits per heavy atom. The molecule has 0 unspecified atom stereocenters. The molecule has 0 spiro atoms. The number of aliphatic hydroxyl groups is 1. The monoisotopic (exact) mass is 386 g/mol. The van der Waals surface area contributed by atoms with Crippen molar-refractivity contribution >= 4 is 0 Å². The summed E-state index contributed by atoms with van der Waals surface area (Å²) in [5.74, 6) is 5.55. The first-order chi connectivity index (χ1) is 13.3. The molecule has 1 heteroatoms. The molecule has 3 saturated carbocycles. The van der Waals surface area contributed by atoms with Crippen molar-refractivity contribution in [3.05, 3.63) is 11.6 Å². The fourth-order valence-electron chi connectivity index (χ4n) is 8.66. The van der Waals surface area contributed by atoms with E-state index < -0.39 is 0 Å². The van der Waals surface area contributed by atoms with Crippen LogP contribution in [0.25, 0.3) is 0 Å². The Kier molecular flexibility index (Phi) is 5.80. The summed E-state index contributed by atoms with van der Waals surface area (Å²) in [5, 5.41) is 10.2. The van der Waals surface area contributed by atoms with Crippen LogP contribution in [0.4, 0.5) is 0 Å². The number of allylic oxidation sites excluding steroid dienone is 1. The van der Waals surface area contributed by atoms with Crippen LogP contribution < -0.4 is 0 Å². The second kappa shape index (κ2) is 7.75. The van der Waals surface area contributed by atoms with E-state index in [9.17, 15) is 5.11 Å². The zero-order valence-electron chi connectivity index (χ0n) is 19.3. The third kappa shape index (κ3) is 3.42. The van der Waals surface area contributed by atoms with Gasteiger partial charge in [0, 0.05) is 0 Å². The summed E-state index contributed by atoms with van der Waals surface area (Å²) in [6.45, 7) is 12.5. The zero-order chi connectivity index (χ0) is 20.1. The summed E-state index contributed by atoms with van der Waals surface area (Å²) in [6.07, 6.45) is 17.2. The molecule has 4 aliphatic carbocycles. The lowest BCUT2D eigenvalue weighted by Gasteiger charge is -2.61. The van der Waals surface area contributed by atoms with Gasteiger partial charge in [0.2, 0.25) is 0 Å². The molecule has 0 aromatic rings. The smallest absolute Gasteiger partial charge is 0.0577 e. The molecule has 160 valence electrons. The van der Waals surface area contributed by atoms with Crippen LogP contribution in [0.3, 0.4) is 0 Å². The van der Waals surface area contributed by atoms with Crippen molar-refractivity contribution in [1.29, 1.82) is 0 Å². The van der Waals surface area contributed by atoms with E-state index in [-0.39, 0.29) is 6.10 Å². The Morgan fingerprint density at radius 2 is 1.82 bits per heavy atom. The number of hydrogen-bond acceptors (Lipinski definition) is 1. The first-order valence-corrected chi connectivity index (χ1v) is 12.6. The van der Waals surface area contributed by atoms with Crippen molar-refractivity contribution in [2.45, 2.75) is 111 Å². The molecule has 0 saturated heterocycles. The normalized spacial score (nSPS) is 46.5. The highest BCUT2D eigenvalue weighted by molar-refractivity contribution is 5.27. The molecule has 0 aromatic carbocycles. The first-order valence-electron chi connectivity index (χ1n) is 12.6. The molecule has 0 radical (unpaired) electrons. The number of rotatable bonds is 5. The highest BCUT2D eigenvalue weighted by atomic mass is 16.3. The van der Waals surface area contributed by atoms with E-state index in [1.807, 2.05) is 0 Å². The second-order valence-corrected chi connectivity index (χ2v) is 12.2. The molecular formula is C27H46O. The summed E-state index contributed by atoms with van der Waals surface area (Å²) in [7, 11) is 0. The number of hydrogen-bond donors (Lipinski definition) is 1. The summed E-state index contributed by atoms with van der Waals surface area (Å²) >= 11 is 0. The van der Waals surface area contributed by atoms with Gasteiger partial charge in [0.05, 0.1) is 6.10 Å². The van der Waals surface area contributed by atoms with Crippen molar-refractivity contribution in [3.63, 3.8) is 0 Å². The van der Waals surface area contributed by atoms with Gasteiger partial charge >= 0.3 is 0 Å². The van der Waals surface area contributed by atoms with Gasteiger partial charge in [0.25, 0.3) is 0 Å². The second-order valence-electron chi connectivity index (χ2n) is 12.2. The molecule has 3 fully saturated rings. The van der Waals surface area contributed by atoms with Crippen LogP contribution in [0.5, 0.6) is 0 Å². The number of fused-ring (bicyclic) bond motifs is 5. The maximum Gasteiger partial charge on any atom is 0.0577 e. The van der Waals surface area contributed by atoms with Crippen LogP contribution in [0.2, 0.25) is 0 Å². The molecule has 0 aromatic heterocycles. The Bertz CT molecular complexity index is 591. The summed E-state index contributed by atoms with van der Waals surface area (Å²) < 4.78 is 0. The van der Waals surface area contributed by atoms with Crippen LogP contribution >= 0.6 is 0 Å². The quantitative estimate of drug-likeness (QED) is 0.488. The van der Waals surface area contributed by atoms with Crippen molar-refractivity contribution in [1.82, 2.24) is 0 Å².